The number of nitrogen functional groups attached to an aromatic ring is 2. The van der Waals surface area contributed by atoms with Crippen molar-refractivity contribution in [2.24, 2.45) is 0 Å². The van der Waals surface area contributed by atoms with Gasteiger partial charge < -0.3 is 21.4 Å². The van der Waals surface area contributed by atoms with Gasteiger partial charge in [0.1, 0.15) is 0 Å². The van der Waals surface area contributed by atoms with Crippen LogP contribution < -0.4 is 17.2 Å². The molecule has 0 saturated carbocycles. The lowest BCUT2D eigenvalue weighted by Crippen LogP contribution is -1.99. The maximum absolute atomic E-state index is 10.8. The average Bonchev–Trinajstić information content (AvgIpc) is 2.74. The van der Waals surface area contributed by atoms with Gasteiger partial charge in [0, 0.05) is 7.14 Å². The zero-order valence-corrected chi connectivity index (χ0v) is 14.6. The van der Waals surface area contributed by atoms with Gasteiger partial charge in [0.25, 0.3) is 0 Å². The summed E-state index contributed by atoms with van der Waals surface area (Å²) in [6.07, 6.45) is 0. The predicted molar refractivity (Wildman–Crippen MR) is 99.6 cm³/mol. The number of fused-ring (bicyclic) bond motifs is 1. The molecule has 20 heavy (non-hydrogen) atoms. The Labute approximate surface area is 142 Å². The lowest BCUT2D eigenvalue weighted by atomic mass is 10.3. The summed E-state index contributed by atoms with van der Waals surface area (Å²) in [4.78, 5) is 16.1. The summed E-state index contributed by atoms with van der Waals surface area (Å²) in [5.41, 5.74) is 13.8. The van der Waals surface area contributed by atoms with Crippen LogP contribution in [0.5, 0.6) is 0 Å². The lowest BCUT2D eigenvalue weighted by molar-refractivity contribution is 1.21. The van der Waals surface area contributed by atoms with Gasteiger partial charge in [0.2, 0.25) is 0 Å². The van der Waals surface area contributed by atoms with Crippen LogP contribution in [0.4, 0.5) is 11.4 Å². The number of halogens is 2. The Morgan fingerprint density at radius 2 is 1.40 bits per heavy atom. The van der Waals surface area contributed by atoms with Gasteiger partial charge in [-0.05, 0) is 81.6 Å². The number of rotatable bonds is 0. The molecular weight excluding hydrogens is 482 g/mol. The minimum absolute atomic E-state index is 0.151. The number of hydrogen-bond donors (Lipinski definition) is 4. The Balaban J connectivity index is 0.000000151. The number of H-pyrrole nitrogens is 2. The van der Waals surface area contributed by atoms with Crippen LogP contribution in [-0.2, 0) is 0 Å². The van der Waals surface area contributed by atoms with Crippen molar-refractivity contribution in [2.75, 3.05) is 11.5 Å². The van der Waals surface area contributed by atoms with E-state index in [1.165, 1.54) is 0 Å². The molecule has 104 valence electrons. The fourth-order valence-electron chi connectivity index (χ4n) is 1.55. The Morgan fingerprint density at radius 3 is 2.05 bits per heavy atom. The molecule has 0 amide bonds. The van der Waals surface area contributed by atoms with Gasteiger partial charge in [-0.3, -0.25) is 0 Å². The third-order valence-corrected chi connectivity index (χ3v) is 3.87. The third kappa shape index (κ3) is 3.88. The summed E-state index contributed by atoms with van der Waals surface area (Å²) in [7, 11) is 0. The summed E-state index contributed by atoms with van der Waals surface area (Å²) in [5.74, 6) is 0. The molecule has 0 aliphatic heterocycles. The molecule has 0 aliphatic carbocycles. The number of hydrogen-bond acceptors (Lipinski definition) is 3. The lowest BCUT2D eigenvalue weighted by Gasteiger charge is -1.97. The van der Waals surface area contributed by atoms with Gasteiger partial charge in [-0.25, -0.2) is 4.79 Å². The fraction of sp³-hybridized carbons (Fsp3) is 0. The van der Waals surface area contributed by atoms with Gasteiger partial charge in [0.05, 0.1) is 22.4 Å². The Morgan fingerprint density at radius 1 is 0.800 bits per heavy atom. The highest BCUT2D eigenvalue weighted by Crippen LogP contribution is 2.16. The van der Waals surface area contributed by atoms with Crippen molar-refractivity contribution in [2.45, 2.75) is 0 Å². The van der Waals surface area contributed by atoms with Crippen molar-refractivity contribution in [3.8, 4) is 0 Å². The third-order valence-electron chi connectivity index (χ3n) is 2.53. The van der Waals surface area contributed by atoms with Crippen LogP contribution in [0.1, 0.15) is 0 Å². The standard InChI is InChI=1S/C7H5IN2O.C6H7IN2/c8-4-1-2-5-6(3-4)10-7(11)9-5;7-4-1-2-5(8)6(9)3-4/h1-3H,(H2,9,10,11);1-3H,8-9H2. The summed E-state index contributed by atoms with van der Waals surface area (Å²) in [6.45, 7) is 0. The van der Waals surface area contributed by atoms with Crippen LogP contribution in [0.25, 0.3) is 11.0 Å². The average molecular weight is 494 g/mol. The van der Waals surface area contributed by atoms with Crippen molar-refractivity contribution in [1.29, 1.82) is 0 Å². The van der Waals surface area contributed by atoms with Crippen molar-refractivity contribution < 1.29 is 0 Å². The number of aromatic amines is 2. The Bertz CT molecular complexity index is 794. The molecule has 0 aliphatic rings. The molecule has 6 N–H and O–H groups in total. The summed E-state index contributed by atoms with van der Waals surface area (Å²) < 4.78 is 2.23. The quantitative estimate of drug-likeness (QED) is 0.286. The molecule has 0 fully saturated rings. The van der Waals surface area contributed by atoms with E-state index in [1.54, 1.807) is 6.07 Å². The zero-order chi connectivity index (χ0) is 14.7. The predicted octanol–water partition coefficient (Wildman–Crippen LogP) is 2.92. The normalized spacial score (nSPS) is 10.1. The summed E-state index contributed by atoms with van der Waals surface area (Å²) in [6, 6.07) is 11.3. The molecule has 0 atom stereocenters. The highest BCUT2D eigenvalue weighted by molar-refractivity contribution is 14.1. The van der Waals surface area contributed by atoms with E-state index in [2.05, 4.69) is 55.1 Å². The second-order valence-corrected chi connectivity index (χ2v) is 6.53. The molecule has 5 nitrogen and oxygen atoms in total. The monoisotopic (exact) mass is 494 g/mol. The van der Waals surface area contributed by atoms with Gasteiger partial charge in [0.15, 0.2) is 0 Å². The SMILES string of the molecule is Nc1ccc(I)cc1N.O=c1[nH]c2ccc(I)cc2[nH]1. The molecule has 1 aromatic heterocycles. The minimum Gasteiger partial charge on any atom is -0.397 e. The van der Waals surface area contributed by atoms with Crippen molar-refractivity contribution in [1.82, 2.24) is 9.97 Å². The van der Waals surface area contributed by atoms with Crippen LogP contribution in [0.15, 0.2) is 41.2 Å². The molecule has 0 bridgehead atoms. The fourth-order valence-corrected chi connectivity index (χ4v) is 2.56. The topological polar surface area (TPSA) is 101 Å². The molecule has 1 heterocycles. The van der Waals surface area contributed by atoms with E-state index in [-0.39, 0.29) is 5.69 Å². The number of aromatic nitrogens is 2. The second-order valence-electron chi connectivity index (χ2n) is 4.04. The van der Waals surface area contributed by atoms with Crippen molar-refractivity contribution in [3.05, 3.63) is 54.0 Å². The molecule has 2 aromatic carbocycles. The van der Waals surface area contributed by atoms with E-state index in [1.807, 2.05) is 30.3 Å². The van der Waals surface area contributed by atoms with Crippen molar-refractivity contribution >= 4 is 67.6 Å². The van der Waals surface area contributed by atoms with Crippen LogP contribution in [-0.4, -0.2) is 9.97 Å². The van der Waals surface area contributed by atoms with E-state index < -0.39 is 0 Å². The van der Waals surface area contributed by atoms with Gasteiger partial charge >= 0.3 is 5.69 Å². The molecule has 0 radical (unpaired) electrons. The van der Waals surface area contributed by atoms with Crippen LogP contribution in [0.3, 0.4) is 0 Å². The van der Waals surface area contributed by atoms with Gasteiger partial charge in [-0.15, -0.1) is 0 Å². The number of imidazole rings is 1. The second kappa shape index (κ2) is 6.48. The van der Waals surface area contributed by atoms with E-state index >= 15 is 0 Å². The van der Waals surface area contributed by atoms with Crippen LogP contribution in [0, 0.1) is 7.14 Å². The first-order valence-electron chi connectivity index (χ1n) is 5.64. The first kappa shape index (κ1) is 15.2. The molecule has 0 unspecified atom stereocenters. The van der Waals surface area contributed by atoms with E-state index in [4.69, 9.17) is 11.5 Å². The highest BCUT2D eigenvalue weighted by atomic mass is 127. The van der Waals surface area contributed by atoms with Crippen LogP contribution >= 0.6 is 45.2 Å². The smallest absolute Gasteiger partial charge is 0.323 e. The Kier molecular flexibility index (Phi) is 4.91. The summed E-state index contributed by atoms with van der Waals surface area (Å²) in [5, 5.41) is 0. The van der Waals surface area contributed by atoms with Gasteiger partial charge in [-0.2, -0.15) is 0 Å². The minimum atomic E-state index is -0.151. The van der Waals surface area contributed by atoms with Crippen molar-refractivity contribution in [3.63, 3.8) is 0 Å². The number of anilines is 2. The largest absolute Gasteiger partial charge is 0.397 e. The molecule has 0 saturated heterocycles. The zero-order valence-electron chi connectivity index (χ0n) is 10.3. The molecule has 3 aromatic rings. The highest BCUT2D eigenvalue weighted by Gasteiger charge is 1.96. The first-order chi connectivity index (χ1) is 9.45. The molecule has 3 rings (SSSR count). The maximum Gasteiger partial charge on any atom is 0.323 e. The van der Waals surface area contributed by atoms with E-state index in [0.717, 1.165) is 18.2 Å². The maximum atomic E-state index is 10.8. The number of nitrogens with one attached hydrogen (secondary N) is 2. The van der Waals surface area contributed by atoms with E-state index in [0.29, 0.717) is 11.4 Å². The molecular formula is C13H12I2N4O. The number of benzene rings is 2. The number of nitrogens with two attached hydrogens (primary N) is 2. The van der Waals surface area contributed by atoms with Crippen LogP contribution in [0.2, 0.25) is 0 Å². The Hall–Kier alpha value is -1.23. The van der Waals surface area contributed by atoms with E-state index in [9.17, 15) is 4.79 Å². The molecule has 0 spiro atoms. The van der Waals surface area contributed by atoms with Gasteiger partial charge in [-0.1, -0.05) is 0 Å². The molecule has 7 heteroatoms. The summed E-state index contributed by atoms with van der Waals surface area (Å²) >= 11 is 4.39. The first-order valence-corrected chi connectivity index (χ1v) is 7.79.